The van der Waals surface area contributed by atoms with Crippen LogP contribution in [0, 0.1) is 6.92 Å². The minimum absolute atomic E-state index is 0.184. The maximum absolute atomic E-state index is 11.4. The van der Waals surface area contributed by atoms with Crippen LogP contribution in [-0.4, -0.2) is 9.97 Å². The highest BCUT2D eigenvalue weighted by Gasteiger charge is 2.04. The first-order valence-electron chi connectivity index (χ1n) is 5.20. The topological polar surface area (TPSA) is 81.0 Å². The molecular formula is C12H13N3O2. The van der Waals surface area contributed by atoms with E-state index in [-0.39, 0.29) is 18.0 Å². The fourth-order valence-electron chi connectivity index (χ4n) is 1.34. The highest BCUT2D eigenvalue weighted by Crippen LogP contribution is 2.10. The Balaban J connectivity index is 2.13. The third kappa shape index (κ3) is 2.63. The molecule has 0 atom stereocenters. The molecular weight excluding hydrogens is 218 g/mol. The van der Waals surface area contributed by atoms with Crippen molar-refractivity contribution in [1.29, 1.82) is 0 Å². The monoisotopic (exact) mass is 231 g/mol. The molecule has 0 aliphatic rings. The first kappa shape index (κ1) is 11.2. The van der Waals surface area contributed by atoms with Crippen molar-refractivity contribution in [2.75, 3.05) is 5.73 Å². The zero-order valence-electron chi connectivity index (χ0n) is 9.43. The van der Waals surface area contributed by atoms with Crippen molar-refractivity contribution in [3.8, 4) is 5.75 Å². The van der Waals surface area contributed by atoms with Gasteiger partial charge >= 0.3 is 0 Å². The Kier molecular flexibility index (Phi) is 3.09. The number of nitrogen functional groups attached to an aromatic ring is 1. The summed E-state index contributed by atoms with van der Waals surface area (Å²) in [6.45, 7) is 1.81. The summed E-state index contributed by atoms with van der Waals surface area (Å²) < 4.78 is 5.45. The molecule has 0 aliphatic carbocycles. The van der Waals surface area contributed by atoms with Crippen LogP contribution in [0.1, 0.15) is 11.4 Å². The lowest BCUT2D eigenvalue weighted by molar-refractivity contribution is 0.295. The fraction of sp³-hybridized carbons (Fsp3) is 0.167. The van der Waals surface area contributed by atoms with Crippen molar-refractivity contribution in [1.82, 2.24) is 9.97 Å². The average Bonchev–Trinajstić information content (AvgIpc) is 2.34. The summed E-state index contributed by atoms with van der Waals surface area (Å²) in [4.78, 5) is 18.1. The van der Waals surface area contributed by atoms with Gasteiger partial charge in [0.2, 0.25) is 0 Å². The number of nitrogens with zero attached hydrogens (tertiary/aromatic N) is 1. The molecule has 1 aromatic heterocycles. The Morgan fingerprint density at radius 2 is 2.06 bits per heavy atom. The number of H-pyrrole nitrogens is 1. The second-order valence-electron chi connectivity index (χ2n) is 3.62. The van der Waals surface area contributed by atoms with E-state index in [1.165, 1.54) is 0 Å². The normalized spacial score (nSPS) is 10.2. The Bertz CT molecular complexity index is 564. The highest BCUT2D eigenvalue weighted by molar-refractivity contribution is 5.36. The molecule has 0 radical (unpaired) electrons. The zero-order valence-corrected chi connectivity index (χ0v) is 9.43. The Morgan fingerprint density at radius 3 is 2.71 bits per heavy atom. The van der Waals surface area contributed by atoms with E-state index in [9.17, 15) is 4.79 Å². The van der Waals surface area contributed by atoms with E-state index in [1.54, 1.807) is 6.92 Å². The molecule has 2 rings (SSSR count). The number of para-hydroxylation sites is 1. The van der Waals surface area contributed by atoms with Crippen LogP contribution in [-0.2, 0) is 6.61 Å². The van der Waals surface area contributed by atoms with Gasteiger partial charge in [0.1, 0.15) is 24.0 Å². The lowest BCUT2D eigenvalue weighted by Crippen LogP contribution is -2.18. The van der Waals surface area contributed by atoms with E-state index >= 15 is 0 Å². The van der Waals surface area contributed by atoms with E-state index in [2.05, 4.69) is 9.97 Å². The van der Waals surface area contributed by atoms with Crippen molar-refractivity contribution >= 4 is 5.82 Å². The number of anilines is 1. The van der Waals surface area contributed by atoms with Crippen LogP contribution < -0.4 is 16.0 Å². The standard InChI is InChI=1S/C12H13N3O2/c1-8-11(13)14-10(15-12(8)16)7-17-9-5-3-2-4-6-9/h2-6H,7H2,1H3,(H3,13,14,15,16). The second kappa shape index (κ2) is 4.69. The summed E-state index contributed by atoms with van der Waals surface area (Å²) in [5.74, 6) is 1.37. The van der Waals surface area contributed by atoms with Gasteiger partial charge in [0, 0.05) is 0 Å². The third-order valence-corrected chi connectivity index (χ3v) is 2.36. The van der Waals surface area contributed by atoms with Gasteiger partial charge in [0.05, 0.1) is 5.56 Å². The minimum atomic E-state index is -0.232. The second-order valence-corrected chi connectivity index (χ2v) is 3.62. The van der Waals surface area contributed by atoms with Crippen LogP contribution >= 0.6 is 0 Å². The van der Waals surface area contributed by atoms with Crippen LogP contribution in [0.5, 0.6) is 5.75 Å². The molecule has 0 amide bonds. The van der Waals surface area contributed by atoms with Crippen molar-refractivity contribution in [2.24, 2.45) is 0 Å². The van der Waals surface area contributed by atoms with Gasteiger partial charge in [-0.15, -0.1) is 0 Å². The molecule has 0 aliphatic heterocycles. The Morgan fingerprint density at radius 1 is 1.35 bits per heavy atom. The molecule has 0 fully saturated rings. The van der Waals surface area contributed by atoms with Gasteiger partial charge in [-0.25, -0.2) is 4.98 Å². The molecule has 0 saturated heterocycles. The predicted octanol–water partition coefficient (Wildman–Crippen LogP) is 1.24. The summed E-state index contributed by atoms with van der Waals surface area (Å²) in [6.07, 6.45) is 0. The zero-order chi connectivity index (χ0) is 12.3. The van der Waals surface area contributed by atoms with E-state index in [0.29, 0.717) is 17.1 Å². The molecule has 1 heterocycles. The quantitative estimate of drug-likeness (QED) is 0.832. The number of benzene rings is 1. The largest absolute Gasteiger partial charge is 0.486 e. The van der Waals surface area contributed by atoms with E-state index in [4.69, 9.17) is 10.5 Å². The number of ether oxygens (including phenoxy) is 1. The van der Waals surface area contributed by atoms with Crippen LogP contribution in [0.15, 0.2) is 35.1 Å². The first-order valence-corrected chi connectivity index (χ1v) is 5.20. The number of hydrogen-bond donors (Lipinski definition) is 2. The minimum Gasteiger partial charge on any atom is -0.486 e. The van der Waals surface area contributed by atoms with Gasteiger partial charge in [0.25, 0.3) is 5.56 Å². The molecule has 0 unspecified atom stereocenters. The summed E-state index contributed by atoms with van der Waals surface area (Å²) >= 11 is 0. The maximum Gasteiger partial charge on any atom is 0.256 e. The maximum atomic E-state index is 11.4. The van der Waals surface area contributed by atoms with Crippen molar-refractivity contribution < 1.29 is 4.74 Å². The number of aromatic nitrogens is 2. The van der Waals surface area contributed by atoms with Crippen LogP contribution in [0.2, 0.25) is 0 Å². The molecule has 0 saturated carbocycles. The van der Waals surface area contributed by atoms with Gasteiger partial charge in [-0.05, 0) is 19.1 Å². The molecule has 17 heavy (non-hydrogen) atoms. The summed E-state index contributed by atoms with van der Waals surface area (Å²) in [7, 11) is 0. The van der Waals surface area contributed by atoms with Crippen LogP contribution in [0.25, 0.3) is 0 Å². The van der Waals surface area contributed by atoms with Gasteiger partial charge in [-0.2, -0.15) is 0 Å². The lowest BCUT2D eigenvalue weighted by Gasteiger charge is -2.06. The van der Waals surface area contributed by atoms with Crippen LogP contribution in [0.4, 0.5) is 5.82 Å². The van der Waals surface area contributed by atoms with Gasteiger partial charge in [-0.1, -0.05) is 18.2 Å². The van der Waals surface area contributed by atoms with E-state index in [0.717, 1.165) is 0 Å². The fourth-order valence-corrected chi connectivity index (χ4v) is 1.34. The smallest absolute Gasteiger partial charge is 0.256 e. The Labute approximate surface area is 98.3 Å². The number of rotatable bonds is 3. The summed E-state index contributed by atoms with van der Waals surface area (Å²) in [5.41, 5.74) is 5.80. The molecule has 1 aromatic carbocycles. The van der Waals surface area contributed by atoms with Gasteiger partial charge in [-0.3, -0.25) is 4.79 Å². The number of nitrogens with one attached hydrogen (secondary N) is 1. The number of aromatic amines is 1. The first-order chi connectivity index (χ1) is 8.16. The van der Waals surface area contributed by atoms with Gasteiger partial charge in [0.15, 0.2) is 0 Å². The van der Waals surface area contributed by atoms with E-state index < -0.39 is 0 Å². The molecule has 2 aromatic rings. The number of nitrogens with two attached hydrogens (primary N) is 1. The van der Waals surface area contributed by atoms with E-state index in [1.807, 2.05) is 30.3 Å². The van der Waals surface area contributed by atoms with Crippen LogP contribution in [0.3, 0.4) is 0 Å². The predicted molar refractivity (Wildman–Crippen MR) is 64.8 cm³/mol. The molecule has 88 valence electrons. The van der Waals surface area contributed by atoms with Crippen molar-refractivity contribution in [3.63, 3.8) is 0 Å². The molecule has 0 spiro atoms. The van der Waals surface area contributed by atoms with Crippen molar-refractivity contribution in [2.45, 2.75) is 13.5 Å². The average molecular weight is 231 g/mol. The molecule has 5 nitrogen and oxygen atoms in total. The summed E-state index contributed by atoms with van der Waals surface area (Å²) in [5, 5.41) is 0. The van der Waals surface area contributed by atoms with Crippen molar-refractivity contribution in [3.05, 3.63) is 52.1 Å². The summed E-state index contributed by atoms with van der Waals surface area (Å²) in [6, 6.07) is 9.30. The highest BCUT2D eigenvalue weighted by atomic mass is 16.5. The molecule has 0 bridgehead atoms. The third-order valence-electron chi connectivity index (χ3n) is 2.36. The number of hydrogen-bond acceptors (Lipinski definition) is 4. The molecule has 5 heteroatoms. The molecule has 3 N–H and O–H groups in total. The Hall–Kier alpha value is -2.30. The SMILES string of the molecule is Cc1c(N)nc(COc2ccccc2)[nH]c1=O. The lowest BCUT2D eigenvalue weighted by atomic mass is 10.3. The van der Waals surface area contributed by atoms with Gasteiger partial charge < -0.3 is 15.5 Å².